The molecule has 1 aromatic carbocycles. The lowest BCUT2D eigenvalue weighted by Gasteiger charge is -2.22. The minimum atomic E-state index is 0. The molecule has 1 fully saturated rings. The molecular weight excluding hydrogens is 505 g/mol. The van der Waals surface area contributed by atoms with Crippen LogP contribution in [0.3, 0.4) is 0 Å². The van der Waals surface area contributed by atoms with Crippen molar-refractivity contribution in [2.75, 3.05) is 40.4 Å². The molecule has 1 unspecified atom stereocenters. The fourth-order valence-corrected chi connectivity index (χ4v) is 3.93. The fraction of sp³-hybridized carbons (Fsp3) is 0.565. The van der Waals surface area contributed by atoms with Gasteiger partial charge in [-0.1, -0.05) is 0 Å². The summed E-state index contributed by atoms with van der Waals surface area (Å²) in [5.74, 6) is 4.23. The van der Waals surface area contributed by atoms with Gasteiger partial charge in [-0.2, -0.15) is 0 Å². The molecule has 0 spiro atoms. The van der Waals surface area contributed by atoms with Crippen LogP contribution in [0.1, 0.15) is 43.5 Å². The first-order valence-electron chi connectivity index (χ1n) is 10.9. The number of aliphatic imine (C=N–C) groups is 1. The van der Waals surface area contributed by atoms with Crippen LogP contribution in [0.2, 0.25) is 0 Å². The van der Waals surface area contributed by atoms with Gasteiger partial charge >= 0.3 is 0 Å². The van der Waals surface area contributed by atoms with Crippen molar-refractivity contribution in [2.45, 2.75) is 45.6 Å². The van der Waals surface area contributed by atoms with Crippen LogP contribution in [-0.4, -0.2) is 60.8 Å². The molecule has 1 aliphatic heterocycles. The summed E-state index contributed by atoms with van der Waals surface area (Å²) in [6.45, 7) is 8.84. The van der Waals surface area contributed by atoms with Crippen molar-refractivity contribution in [3.05, 3.63) is 42.0 Å². The second-order valence-electron chi connectivity index (χ2n) is 7.69. The lowest BCUT2D eigenvalue weighted by atomic mass is 9.98. The third kappa shape index (κ3) is 7.02. The molecule has 1 aromatic heterocycles. The summed E-state index contributed by atoms with van der Waals surface area (Å²) in [7, 11) is 3.40. The predicted molar refractivity (Wildman–Crippen MR) is 136 cm³/mol. The number of ether oxygens (including phenoxy) is 2. The topological polar surface area (TPSA) is 63.9 Å². The molecule has 7 nitrogen and oxygen atoms in total. The van der Waals surface area contributed by atoms with Gasteiger partial charge in [-0.05, 0) is 50.8 Å². The quantitative estimate of drug-likeness (QED) is 0.225. The number of likely N-dealkylation sites (tertiary alicyclic amines) is 1. The Kier molecular flexibility index (Phi) is 10.4. The van der Waals surface area contributed by atoms with Gasteiger partial charge in [0.05, 0.1) is 14.2 Å². The first-order valence-corrected chi connectivity index (χ1v) is 10.9. The van der Waals surface area contributed by atoms with E-state index in [0.29, 0.717) is 5.92 Å². The molecule has 1 N–H and O–H groups in total. The summed E-state index contributed by atoms with van der Waals surface area (Å²) in [5.41, 5.74) is 1.26. The molecule has 0 amide bonds. The molecule has 0 aliphatic carbocycles. The molecule has 31 heavy (non-hydrogen) atoms. The van der Waals surface area contributed by atoms with Crippen LogP contribution in [0.4, 0.5) is 0 Å². The summed E-state index contributed by atoms with van der Waals surface area (Å²) in [6, 6.07) is 6.17. The van der Waals surface area contributed by atoms with Crippen molar-refractivity contribution < 1.29 is 9.47 Å². The molecule has 0 radical (unpaired) electrons. The maximum absolute atomic E-state index is 5.44. The smallest absolute Gasteiger partial charge is 0.193 e. The Morgan fingerprint density at radius 3 is 2.55 bits per heavy atom. The Labute approximate surface area is 203 Å². The maximum atomic E-state index is 5.44. The zero-order chi connectivity index (χ0) is 21.3. The number of aryl methyl sites for hydroxylation is 2. The van der Waals surface area contributed by atoms with Crippen LogP contribution in [0, 0.1) is 6.92 Å². The zero-order valence-electron chi connectivity index (χ0n) is 19.1. The number of guanidine groups is 1. The Bertz CT molecular complexity index is 817. The minimum Gasteiger partial charge on any atom is -0.497 e. The number of imidazole rings is 1. The Morgan fingerprint density at radius 1 is 1.19 bits per heavy atom. The van der Waals surface area contributed by atoms with Crippen molar-refractivity contribution in [2.24, 2.45) is 4.99 Å². The van der Waals surface area contributed by atoms with Gasteiger partial charge in [-0.15, -0.1) is 24.0 Å². The van der Waals surface area contributed by atoms with Gasteiger partial charge < -0.3 is 24.3 Å². The minimum absolute atomic E-state index is 0. The predicted octanol–water partition coefficient (Wildman–Crippen LogP) is 4.06. The monoisotopic (exact) mass is 541 g/mol. The summed E-state index contributed by atoms with van der Waals surface area (Å²) in [4.78, 5) is 11.5. The number of unbranched alkanes of at least 4 members (excludes halogenated alkanes) is 1. The van der Waals surface area contributed by atoms with Gasteiger partial charge in [0.1, 0.15) is 17.3 Å². The molecular formula is C23H36IN5O2. The molecule has 1 atom stereocenters. The van der Waals surface area contributed by atoms with Gasteiger partial charge in [-0.25, -0.2) is 4.98 Å². The second-order valence-corrected chi connectivity index (χ2v) is 7.69. The van der Waals surface area contributed by atoms with E-state index in [4.69, 9.17) is 14.5 Å². The number of nitrogens with one attached hydrogen (secondary N) is 1. The van der Waals surface area contributed by atoms with E-state index in [9.17, 15) is 0 Å². The molecule has 0 bridgehead atoms. The number of hydrogen-bond acceptors (Lipinski definition) is 4. The zero-order valence-corrected chi connectivity index (χ0v) is 21.5. The molecule has 2 aromatic rings. The standard InChI is InChI=1S/C23H35N5O2.HI/c1-5-24-23(26-9-6-7-11-27-13-10-25-18(27)2)28-12-8-19(17-28)20-14-21(29-3)16-22(15-20)30-4;/h10,13-16,19H,5-9,11-12,17H2,1-4H3,(H,24,26);1H. The van der Waals surface area contributed by atoms with E-state index in [0.717, 1.165) is 75.3 Å². The summed E-state index contributed by atoms with van der Waals surface area (Å²) in [6.07, 6.45) is 7.17. The lowest BCUT2D eigenvalue weighted by molar-refractivity contribution is 0.392. The van der Waals surface area contributed by atoms with Crippen molar-refractivity contribution in [3.63, 3.8) is 0 Å². The molecule has 3 rings (SSSR count). The normalized spacial score (nSPS) is 16.2. The van der Waals surface area contributed by atoms with Crippen LogP contribution >= 0.6 is 24.0 Å². The summed E-state index contributed by atoms with van der Waals surface area (Å²) >= 11 is 0. The van der Waals surface area contributed by atoms with E-state index in [1.807, 2.05) is 25.4 Å². The average molecular weight is 541 g/mol. The molecule has 172 valence electrons. The third-order valence-corrected chi connectivity index (χ3v) is 5.66. The summed E-state index contributed by atoms with van der Waals surface area (Å²) in [5, 5.41) is 3.47. The second kappa shape index (κ2) is 12.8. The van der Waals surface area contributed by atoms with E-state index < -0.39 is 0 Å². The number of rotatable bonds is 9. The average Bonchev–Trinajstić information content (AvgIpc) is 3.41. The van der Waals surface area contributed by atoms with Crippen LogP contribution in [0.25, 0.3) is 0 Å². The summed E-state index contributed by atoms with van der Waals surface area (Å²) < 4.78 is 13.1. The van der Waals surface area contributed by atoms with Crippen molar-refractivity contribution >= 4 is 29.9 Å². The van der Waals surface area contributed by atoms with Crippen LogP contribution < -0.4 is 14.8 Å². The van der Waals surface area contributed by atoms with Crippen LogP contribution in [-0.2, 0) is 6.54 Å². The van der Waals surface area contributed by atoms with Gasteiger partial charge in [0.15, 0.2) is 5.96 Å². The highest BCUT2D eigenvalue weighted by Gasteiger charge is 2.26. The molecule has 1 aliphatic rings. The first kappa shape index (κ1) is 25.3. The van der Waals surface area contributed by atoms with Crippen molar-refractivity contribution in [1.29, 1.82) is 0 Å². The molecule has 1 saturated heterocycles. The van der Waals surface area contributed by atoms with E-state index in [1.165, 1.54) is 5.56 Å². The maximum Gasteiger partial charge on any atom is 0.193 e. The highest BCUT2D eigenvalue weighted by molar-refractivity contribution is 14.0. The molecule has 0 saturated carbocycles. The first-order chi connectivity index (χ1) is 14.6. The highest BCUT2D eigenvalue weighted by Crippen LogP contribution is 2.32. The van der Waals surface area contributed by atoms with E-state index >= 15 is 0 Å². The third-order valence-electron chi connectivity index (χ3n) is 5.66. The Morgan fingerprint density at radius 2 is 1.94 bits per heavy atom. The van der Waals surface area contributed by atoms with Gasteiger partial charge in [0.25, 0.3) is 0 Å². The van der Waals surface area contributed by atoms with E-state index in [1.54, 1.807) is 14.2 Å². The Hall–Kier alpha value is -1.97. The van der Waals surface area contributed by atoms with E-state index in [2.05, 4.69) is 38.8 Å². The Balaban J connectivity index is 0.00000341. The van der Waals surface area contributed by atoms with Crippen molar-refractivity contribution in [1.82, 2.24) is 19.8 Å². The number of methoxy groups -OCH3 is 2. The van der Waals surface area contributed by atoms with Crippen LogP contribution in [0.15, 0.2) is 35.6 Å². The number of halogens is 1. The SMILES string of the molecule is CCNC(=NCCCCn1ccnc1C)N1CCC(c2cc(OC)cc(OC)c2)C1.I. The van der Waals surface area contributed by atoms with Gasteiger partial charge in [0.2, 0.25) is 0 Å². The number of nitrogens with zero attached hydrogens (tertiary/aromatic N) is 4. The number of hydrogen-bond donors (Lipinski definition) is 1. The number of benzene rings is 1. The number of aromatic nitrogens is 2. The van der Waals surface area contributed by atoms with Crippen molar-refractivity contribution in [3.8, 4) is 11.5 Å². The fourth-order valence-electron chi connectivity index (χ4n) is 3.93. The largest absolute Gasteiger partial charge is 0.497 e. The van der Waals surface area contributed by atoms with Gasteiger partial charge in [0, 0.05) is 57.1 Å². The van der Waals surface area contributed by atoms with E-state index in [-0.39, 0.29) is 24.0 Å². The highest BCUT2D eigenvalue weighted by atomic mass is 127. The lowest BCUT2D eigenvalue weighted by Crippen LogP contribution is -2.40. The van der Waals surface area contributed by atoms with Gasteiger partial charge in [-0.3, -0.25) is 4.99 Å². The molecule has 2 heterocycles. The molecule has 8 heteroatoms. The van der Waals surface area contributed by atoms with Crippen LogP contribution in [0.5, 0.6) is 11.5 Å².